The Balaban J connectivity index is 3.16. The van der Waals surface area contributed by atoms with Gasteiger partial charge in [0.1, 0.15) is 23.8 Å². The van der Waals surface area contributed by atoms with Gasteiger partial charge in [-0.05, 0) is 45.4 Å². The summed E-state index contributed by atoms with van der Waals surface area (Å²) in [4.78, 5) is 11.7. The van der Waals surface area contributed by atoms with E-state index in [-0.39, 0.29) is 55.8 Å². The fourth-order valence-electron chi connectivity index (χ4n) is 2.26. The molecule has 1 aromatic heterocycles. The average molecular weight is 431 g/mol. The summed E-state index contributed by atoms with van der Waals surface area (Å²) in [5, 5.41) is -0.794. The van der Waals surface area contributed by atoms with Gasteiger partial charge in [-0.25, -0.2) is 0 Å². The van der Waals surface area contributed by atoms with Crippen molar-refractivity contribution in [3.05, 3.63) is 23.2 Å². The molecule has 0 aromatic carbocycles. The molecule has 0 fully saturated rings. The summed E-state index contributed by atoms with van der Waals surface area (Å²) < 4.78 is 51.8. The number of hydrogen-bond acceptors (Lipinski definition) is 8. The van der Waals surface area contributed by atoms with Gasteiger partial charge in [0.25, 0.3) is 5.24 Å². The van der Waals surface area contributed by atoms with Gasteiger partial charge in [-0.15, -0.1) is 0 Å². The lowest BCUT2D eigenvalue weighted by Crippen LogP contribution is -2.01. The molecule has 0 spiro atoms. The smallest absolute Gasteiger partial charge is 0.338 e. The van der Waals surface area contributed by atoms with E-state index in [1.807, 2.05) is 0 Å². The van der Waals surface area contributed by atoms with Gasteiger partial charge in [0.15, 0.2) is 0 Å². The van der Waals surface area contributed by atoms with Crippen molar-refractivity contribution in [2.24, 2.45) is 0 Å². The molecule has 11 heteroatoms. The predicted molar refractivity (Wildman–Crippen MR) is 98.0 cm³/mol. The topological polar surface area (TPSA) is 101 Å². The fraction of sp³-hybridized carbons (Fsp3) is 0.667. The summed E-state index contributed by atoms with van der Waals surface area (Å²) in [5.74, 6) is 0.221. The van der Waals surface area contributed by atoms with Gasteiger partial charge in [-0.1, -0.05) is 0 Å². The molecule has 0 saturated carbocycles. The minimum atomic E-state index is -3.51. The molecule has 0 N–H and O–H groups in total. The molecule has 0 aliphatic heterocycles. The Morgan fingerprint density at radius 1 is 0.923 bits per heavy atom. The molecule has 0 atom stereocenters. The highest BCUT2D eigenvalue weighted by atomic mass is 35.5. The normalized spacial score (nSPS) is 12.5. The molecule has 0 aliphatic carbocycles. The minimum Gasteiger partial charge on any atom is -0.464 e. The van der Waals surface area contributed by atoms with Crippen molar-refractivity contribution < 1.29 is 36.4 Å². The van der Waals surface area contributed by atoms with Crippen molar-refractivity contribution >= 4 is 32.0 Å². The van der Waals surface area contributed by atoms with E-state index in [0.29, 0.717) is 0 Å². The van der Waals surface area contributed by atoms with Crippen molar-refractivity contribution in [3.63, 3.8) is 0 Å². The van der Waals surface area contributed by atoms with Crippen LogP contribution < -0.4 is 0 Å². The highest BCUT2D eigenvalue weighted by Crippen LogP contribution is 2.54. The van der Waals surface area contributed by atoms with Crippen LogP contribution in [0.3, 0.4) is 0 Å². The maximum Gasteiger partial charge on any atom is 0.338 e. The van der Waals surface area contributed by atoms with Gasteiger partial charge >= 0.3 is 15.2 Å². The number of furan rings is 1. The molecule has 1 aromatic rings. The zero-order chi connectivity index (χ0) is 19.8. The van der Waals surface area contributed by atoms with E-state index >= 15 is 0 Å². The first-order valence-electron chi connectivity index (χ1n) is 8.30. The van der Waals surface area contributed by atoms with Crippen LogP contribution in [0.15, 0.2) is 10.5 Å². The molecule has 26 heavy (non-hydrogen) atoms. The van der Waals surface area contributed by atoms with Crippen LogP contribution in [0.25, 0.3) is 0 Å². The molecule has 8 nitrogen and oxygen atoms in total. The number of halogens is 1. The molecule has 0 saturated heterocycles. The van der Waals surface area contributed by atoms with E-state index in [2.05, 4.69) is 0 Å². The van der Waals surface area contributed by atoms with E-state index in [1.165, 1.54) is 6.07 Å². The standard InChI is InChI=1S/C15H25ClO8P2/c1-5-20-25(18,21-6-2)10-12-9-13(15(16)17)14(24-12)11-26(19,22-7-3)23-8-4/h9H,5-8,10-11H2,1-4H3. The van der Waals surface area contributed by atoms with Crippen molar-refractivity contribution in [1.82, 2.24) is 0 Å². The monoisotopic (exact) mass is 430 g/mol. The van der Waals surface area contributed by atoms with Crippen LogP contribution in [-0.2, 0) is 39.5 Å². The third-order valence-corrected chi connectivity index (χ3v) is 7.25. The summed E-state index contributed by atoms with van der Waals surface area (Å²) in [7, 11) is -6.94. The lowest BCUT2D eigenvalue weighted by molar-refractivity contribution is 0.108. The fourth-order valence-corrected chi connectivity index (χ4v) is 5.63. The van der Waals surface area contributed by atoms with Crippen LogP contribution in [0.2, 0.25) is 0 Å². The predicted octanol–water partition coefficient (Wildman–Crippen LogP) is 5.19. The summed E-state index contributed by atoms with van der Waals surface area (Å²) in [5.41, 5.74) is 0.0147. The second kappa shape index (κ2) is 10.8. The molecule has 0 unspecified atom stereocenters. The van der Waals surface area contributed by atoms with E-state index in [0.717, 1.165) is 0 Å². The van der Waals surface area contributed by atoms with Gasteiger partial charge in [0, 0.05) is 0 Å². The average Bonchev–Trinajstić information content (AvgIpc) is 2.89. The molecule has 1 heterocycles. The van der Waals surface area contributed by atoms with Gasteiger partial charge in [-0.2, -0.15) is 0 Å². The van der Waals surface area contributed by atoms with E-state index in [1.54, 1.807) is 27.7 Å². The maximum absolute atomic E-state index is 12.7. The Hall–Kier alpha value is -0.460. The molecule has 0 radical (unpaired) electrons. The van der Waals surface area contributed by atoms with Crippen molar-refractivity contribution in [2.45, 2.75) is 40.0 Å². The third-order valence-electron chi connectivity index (χ3n) is 3.06. The summed E-state index contributed by atoms with van der Waals surface area (Å²) in [6, 6.07) is 1.34. The summed E-state index contributed by atoms with van der Waals surface area (Å²) >= 11 is 5.60. The second-order valence-corrected chi connectivity index (χ2v) is 9.48. The maximum atomic E-state index is 12.7. The SMILES string of the molecule is CCOP(=O)(Cc1cc(C(=O)Cl)c(CP(=O)(OCC)OCC)o1)OCC. The first-order valence-corrected chi connectivity index (χ1v) is 12.1. The Morgan fingerprint density at radius 2 is 1.35 bits per heavy atom. The van der Waals surface area contributed by atoms with E-state index in [9.17, 15) is 13.9 Å². The number of rotatable bonds is 13. The quantitative estimate of drug-likeness (QED) is 0.311. The molecular weight excluding hydrogens is 406 g/mol. The van der Waals surface area contributed by atoms with Crippen LogP contribution in [-0.4, -0.2) is 31.7 Å². The van der Waals surface area contributed by atoms with E-state index in [4.69, 9.17) is 34.1 Å². The number of hydrogen-bond donors (Lipinski definition) is 0. The highest BCUT2D eigenvalue weighted by molar-refractivity contribution is 7.53. The van der Waals surface area contributed by atoms with Crippen LogP contribution in [0.5, 0.6) is 0 Å². The number of carbonyl (C=O) groups excluding carboxylic acids is 1. The van der Waals surface area contributed by atoms with Gasteiger partial charge in [-0.3, -0.25) is 13.9 Å². The Morgan fingerprint density at radius 3 is 1.73 bits per heavy atom. The van der Waals surface area contributed by atoms with Gasteiger partial charge < -0.3 is 22.5 Å². The Kier molecular flexibility index (Phi) is 9.76. The Bertz CT molecular complexity index is 667. The molecule has 0 bridgehead atoms. The first-order chi connectivity index (χ1) is 12.2. The van der Waals surface area contributed by atoms with Crippen molar-refractivity contribution in [1.29, 1.82) is 0 Å². The molecule has 0 aliphatic rings. The van der Waals surface area contributed by atoms with Gasteiger partial charge in [0.05, 0.1) is 32.0 Å². The number of carbonyl (C=O) groups is 1. The van der Waals surface area contributed by atoms with Crippen LogP contribution in [0.4, 0.5) is 0 Å². The second-order valence-electron chi connectivity index (χ2n) is 5.03. The molecule has 150 valence electrons. The van der Waals surface area contributed by atoms with Crippen LogP contribution >= 0.6 is 26.8 Å². The zero-order valence-electron chi connectivity index (χ0n) is 15.4. The molecular formula is C15H25ClO8P2. The summed E-state index contributed by atoms with van der Waals surface area (Å²) in [6.45, 7) is 7.44. The lowest BCUT2D eigenvalue weighted by Gasteiger charge is -2.16. The highest BCUT2D eigenvalue weighted by Gasteiger charge is 2.32. The summed E-state index contributed by atoms with van der Waals surface area (Å²) in [6.07, 6.45) is -0.449. The minimum absolute atomic E-state index is 0.0147. The molecule has 0 amide bonds. The zero-order valence-corrected chi connectivity index (χ0v) is 17.9. The van der Waals surface area contributed by atoms with Crippen LogP contribution in [0.1, 0.15) is 49.6 Å². The third kappa shape index (κ3) is 6.93. The Labute approximate surface area is 158 Å². The van der Waals surface area contributed by atoms with Gasteiger partial charge in [0.2, 0.25) is 0 Å². The first kappa shape index (κ1) is 23.6. The van der Waals surface area contributed by atoms with Crippen molar-refractivity contribution in [3.8, 4) is 0 Å². The van der Waals surface area contributed by atoms with Crippen LogP contribution in [0, 0.1) is 0 Å². The van der Waals surface area contributed by atoms with Crippen molar-refractivity contribution in [2.75, 3.05) is 26.4 Å². The van der Waals surface area contributed by atoms with E-state index < -0.39 is 20.4 Å². The lowest BCUT2D eigenvalue weighted by atomic mass is 10.3. The largest absolute Gasteiger partial charge is 0.464 e. The molecule has 1 rings (SSSR count).